The van der Waals surface area contributed by atoms with Gasteiger partial charge in [-0.1, -0.05) is 37.1 Å². The Kier molecular flexibility index (Phi) is 6.72. The third-order valence-corrected chi connectivity index (χ3v) is 4.66. The van der Waals surface area contributed by atoms with Gasteiger partial charge in [0.1, 0.15) is 0 Å². The smallest absolute Gasteiger partial charge is 0.00817 e. The molecule has 1 saturated heterocycles. The molecule has 1 aliphatic heterocycles. The average molecular weight is 288 g/mol. The summed E-state index contributed by atoms with van der Waals surface area (Å²) in [6.45, 7) is 8.06. The highest BCUT2D eigenvalue weighted by atomic mass is 15.0. The summed E-state index contributed by atoms with van der Waals surface area (Å²) in [5.74, 6) is 0. The molecule has 0 saturated carbocycles. The maximum Gasteiger partial charge on any atom is 0.00817 e. The lowest BCUT2D eigenvalue weighted by molar-refractivity contribution is 0.376. The number of nitrogens with one attached hydrogen (secondary N) is 2. The highest BCUT2D eigenvalue weighted by Crippen LogP contribution is 2.14. The molecule has 1 aromatic carbocycles. The number of hydrogen-bond acceptors (Lipinski definition) is 2. The molecule has 21 heavy (non-hydrogen) atoms. The molecule has 3 atom stereocenters. The fourth-order valence-corrected chi connectivity index (χ4v) is 3.51. The van der Waals surface area contributed by atoms with Gasteiger partial charge in [0, 0.05) is 18.1 Å². The maximum absolute atomic E-state index is 3.78. The van der Waals surface area contributed by atoms with Crippen LogP contribution in [-0.4, -0.2) is 24.7 Å². The Morgan fingerprint density at radius 1 is 1.14 bits per heavy atom. The van der Waals surface area contributed by atoms with Crippen LogP contribution in [0.15, 0.2) is 24.3 Å². The van der Waals surface area contributed by atoms with E-state index in [-0.39, 0.29) is 0 Å². The van der Waals surface area contributed by atoms with Gasteiger partial charge in [-0.05, 0) is 64.1 Å². The van der Waals surface area contributed by atoms with E-state index in [1.165, 1.54) is 49.8 Å². The van der Waals surface area contributed by atoms with Crippen molar-refractivity contribution in [2.75, 3.05) is 6.54 Å². The number of benzene rings is 1. The highest BCUT2D eigenvalue weighted by molar-refractivity contribution is 5.26. The largest absolute Gasteiger partial charge is 0.314 e. The van der Waals surface area contributed by atoms with E-state index in [1.54, 1.807) is 0 Å². The van der Waals surface area contributed by atoms with Crippen LogP contribution in [0.25, 0.3) is 0 Å². The lowest BCUT2D eigenvalue weighted by atomic mass is 9.99. The molecule has 1 aromatic rings. The van der Waals surface area contributed by atoms with Crippen LogP contribution in [0.2, 0.25) is 0 Å². The monoisotopic (exact) mass is 288 g/mol. The summed E-state index contributed by atoms with van der Waals surface area (Å²) in [6, 6.07) is 10.6. The van der Waals surface area contributed by atoms with Gasteiger partial charge >= 0.3 is 0 Å². The van der Waals surface area contributed by atoms with Crippen molar-refractivity contribution >= 4 is 0 Å². The Morgan fingerprint density at radius 2 is 1.95 bits per heavy atom. The summed E-state index contributed by atoms with van der Waals surface area (Å²) < 4.78 is 0. The zero-order chi connectivity index (χ0) is 15.1. The minimum atomic E-state index is 0.534. The second-order valence-electron chi connectivity index (χ2n) is 6.84. The lowest BCUT2D eigenvalue weighted by Gasteiger charge is -2.25. The first kappa shape index (κ1) is 16.5. The Morgan fingerprint density at radius 3 is 2.76 bits per heavy atom. The molecule has 0 aromatic heterocycles. The molecule has 2 N–H and O–H groups in total. The second-order valence-corrected chi connectivity index (χ2v) is 6.84. The Hall–Kier alpha value is -0.860. The number of rotatable bonds is 6. The van der Waals surface area contributed by atoms with Gasteiger partial charge in [0.25, 0.3) is 0 Å². The van der Waals surface area contributed by atoms with Gasteiger partial charge in [0.15, 0.2) is 0 Å². The van der Waals surface area contributed by atoms with Crippen molar-refractivity contribution in [2.45, 2.75) is 77.4 Å². The van der Waals surface area contributed by atoms with Crippen molar-refractivity contribution in [1.82, 2.24) is 10.6 Å². The quantitative estimate of drug-likeness (QED) is 0.831. The second kappa shape index (κ2) is 8.55. The van der Waals surface area contributed by atoms with Crippen LogP contribution in [-0.2, 0) is 6.42 Å². The zero-order valence-electron chi connectivity index (χ0n) is 14.0. The van der Waals surface area contributed by atoms with Crippen molar-refractivity contribution in [1.29, 1.82) is 0 Å². The van der Waals surface area contributed by atoms with Crippen LogP contribution in [0.5, 0.6) is 0 Å². The topological polar surface area (TPSA) is 24.1 Å². The lowest BCUT2D eigenvalue weighted by Crippen LogP contribution is -2.41. The highest BCUT2D eigenvalue weighted by Gasteiger charge is 2.16. The minimum Gasteiger partial charge on any atom is -0.314 e. The normalized spacial score (nSPS) is 22.5. The standard InChI is InChI=1S/C19H32N2/c1-15-9-6-7-10-18(15)13-16(2)21-17(3)14-19-11-5-4-8-12-20-19/h6-7,9-10,16-17,19-21H,4-5,8,11-14H2,1-3H3. The van der Waals surface area contributed by atoms with Crippen LogP contribution < -0.4 is 10.6 Å². The van der Waals surface area contributed by atoms with E-state index in [0.717, 1.165) is 6.42 Å². The molecule has 1 aliphatic rings. The summed E-state index contributed by atoms with van der Waals surface area (Å²) in [7, 11) is 0. The van der Waals surface area contributed by atoms with Gasteiger partial charge in [0.2, 0.25) is 0 Å². The molecule has 0 aliphatic carbocycles. The fraction of sp³-hybridized carbons (Fsp3) is 0.684. The van der Waals surface area contributed by atoms with Gasteiger partial charge in [-0.15, -0.1) is 0 Å². The summed E-state index contributed by atoms with van der Waals surface area (Å²) in [5, 5.41) is 7.49. The van der Waals surface area contributed by atoms with Crippen LogP contribution >= 0.6 is 0 Å². The number of hydrogen-bond donors (Lipinski definition) is 2. The molecular formula is C19H32N2. The third kappa shape index (κ3) is 5.80. The van der Waals surface area contributed by atoms with E-state index < -0.39 is 0 Å². The zero-order valence-corrected chi connectivity index (χ0v) is 14.0. The first-order valence-corrected chi connectivity index (χ1v) is 8.69. The maximum atomic E-state index is 3.78. The van der Waals surface area contributed by atoms with Gasteiger partial charge in [-0.2, -0.15) is 0 Å². The van der Waals surface area contributed by atoms with Crippen molar-refractivity contribution in [3.63, 3.8) is 0 Å². The molecule has 0 bridgehead atoms. The van der Waals surface area contributed by atoms with Crippen molar-refractivity contribution in [2.24, 2.45) is 0 Å². The molecular weight excluding hydrogens is 256 g/mol. The summed E-state index contributed by atoms with van der Waals surface area (Å²) >= 11 is 0. The minimum absolute atomic E-state index is 0.534. The molecule has 2 heteroatoms. The summed E-state index contributed by atoms with van der Waals surface area (Å²) in [5.41, 5.74) is 2.88. The van der Waals surface area contributed by atoms with Gasteiger partial charge in [-0.3, -0.25) is 0 Å². The van der Waals surface area contributed by atoms with Crippen LogP contribution in [0.3, 0.4) is 0 Å². The van der Waals surface area contributed by atoms with Crippen LogP contribution in [0, 0.1) is 6.92 Å². The van der Waals surface area contributed by atoms with E-state index >= 15 is 0 Å². The first-order valence-electron chi connectivity index (χ1n) is 8.69. The predicted molar refractivity (Wildman–Crippen MR) is 91.8 cm³/mol. The first-order chi connectivity index (χ1) is 10.1. The van der Waals surface area contributed by atoms with E-state index in [2.05, 4.69) is 55.7 Å². The van der Waals surface area contributed by atoms with Gasteiger partial charge in [-0.25, -0.2) is 0 Å². The molecule has 3 unspecified atom stereocenters. The molecule has 2 nitrogen and oxygen atoms in total. The molecule has 1 fully saturated rings. The average Bonchev–Trinajstić information content (AvgIpc) is 2.69. The van der Waals surface area contributed by atoms with E-state index in [0.29, 0.717) is 18.1 Å². The SMILES string of the molecule is Cc1ccccc1CC(C)NC(C)CC1CCCCCN1. The molecule has 118 valence electrons. The van der Waals surface area contributed by atoms with Crippen molar-refractivity contribution < 1.29 is 0 Å². The van der Waals surface area contributed by atoms with Crippen molar-refractivity contribution in [3.05, 3.63) is 35.4 Å². The summed E-state index contributed by atoms with van der Waals surface area (Å²) in [6.07, 6.45) is 7.85. The third-order valence-electron chi connectivity index (χ3n) is 4.66. The van der Waals surface area contributed by atoms with Crippen LogP contribution in [0.4, 0.5) is 0 Å². The molecule has 1 heterocycles. The van der Waals surface area contributed by atoms with E-state index in [9.17, 15) is 0 Å². The Bertz CT molecular complexity index is 408. The Balaban J connectivity index is 1.76. The van der Waals surface area contributed by atoms with Gasteiger partial charge < -0.3 is 10.6 Å². The van der Waals surface area contributed by atoms with E-state index in [4.69, 9.17) is 0 Å². The molecule has 0 spiro atoms. The molecule has 2 rings (SSSR count). The van der Waals surface area contributed by atoms with Crippen LogP contribution in [0.1, 0.15) is 57.1 Å². The number of aryl methyl sites for hydroxylation is 1. The van der Waals surface area contributed by atoms with Crippen molar-refractivity contribution in [3.8, 4) is 0 Å². The fourth-order valence-electron chi connectivity index (χ4n) is 3.51. The predicted octanol–water partition coefficient (Wildman–Crippen LogP) is 3.83. The summed E-state index contributed by atoms with van der Waals surface area (Å²) in [4.78, 5) is 0. The van der Waals surface area contributed by atoms with Gasteiger partial charge in [0.05, 0.1) is 0 Å². The molecule has 0 radical (unpaired) electrons. The Labute approximate surface area is 130 Å². The molecule has 0 amide bonds. The van der Waals surface area contributed by atoms with E-state index in [1.807, 2.05) is 0 Å².